The zero-order valence-electron chi connectivity index (χ0n) is 14.2. The lowest BCUT2D eigenvalue weighted by Crippen LogP contribution is -3.15. The van der Waals surface area contributed by atoms with Gasteiger partial charge in [0.05, 0.1) is 12.0 Å². The molecule has 0 heterocycles. The molecule has 1 aromatic carbocycles. The number of carboxylic acids is 1. The molecule has 1 N–H and O–H groups in total. The van der Waals surface area contributed by atoms with Crippen LogP contribution in [0.25, 0.3) is 0 Å². The van der Waals surface area contributed by atoms with Crippen molar-refractivity contribution in [3.05, 3.63) is 35.4 Å². The number of carbonyl (C=O) groups excluding carboxylic acids is 1. The molecule has 0 aromatic heterocycles. The van der Waals surface area contributed by atoms with Gasteiger partial charge in [0.15, 0.2) is 0 Å². The average Bonchev–Trinajstić information content (AvgIpc) is 2.47. The second-order valence-corrected chi connectivity index (χ2v) is 7.67. The smallest absolute Gasteiger partial charge is 0.118 e. The minimum absolute atomic E-state index is 0.117. The van der Waals surface area contributed by atoms with Crippen molar-refractivity contribution in [2.45, 2.75) is 70.9 Å². The van der Waals surface area contributed by atoms with Crippen LogP contribution in [0, 0.1) is 0 Å². The first kappa shape index (κ1) is 17.0. The van der Waals surface area contributed by atoms with E-state index in [0.29, 0.717) is 6.04 Å². The van der Waals surface area contributed by atoms with Crippen LogP contribution in [0.4, 0.5) is 0 Å². The van der Waals surface area contributed by atoms with E-state index in [0.717, 1.165) is 24.3 Å². The van der Waals surface area contributed by atoms with Gasteiger partial charge < -0.3 is 14.8 Å². The van der Waals surface area contributed by atoms with Crippen LogP contribution >= 0.6 is 0 Å². The van der Waals surface area contributed by atoms with Gasteiger partial charge >= 0.3 is 0 Å². The summed E-state index contributed by atoms with van der Waals surface area (Å²) < 4.78 is 0. The van der Waals surface area contributed by atoms with Crippen molar-refractivity contribution in [3.8, 4) is 0 Å². The Hall–Kier alpha value is -1.35. The minimum Gasteiger partial charge on any atom is -0.544 e. The molecule has 1 aliphatic carbocycles. The van der Waals surface area contributed by atoms with Crippen LogP contribution in [-0.2, 0) is 16.8 Å². The SMILES string of the molecule is CC(C)(C)c1ccc(C[NH+](CC(=O)[O-])C2CCCCC2)cc1. The number of nitrogens with one attached hydrogen (secondary N) is 1. The van der Waals surface area contributed by atoms with Gasteiger partial charge in [-0.15, -0.1) is 0 Å². The topological polar surface area (TPSA) is 44.6 Å². The van der Waals surface area contributed by atoms with Crippen LogP contribution in [-0.4, -0.2) is 18.6 Å². The number of carbonyl (C=O) groups is 1. The highest BCUT2D eigenvalue weighted by Gasteiger charge is 2.25. The fourth-order valence-electron chi connectivity index (χ4n) is 3.43. The standard InChI is InChI=1S/C19H29NO2/c1-19(2,3)16-11-9-15(10-12-16)13-20(14-18(21)22)17-7-5-4-6-8-17/h9-12,17H,4-8,13-14H2,1-3H3,(H,21,22). The molecular weight excluding hydrogens is 274 g/mol. The molecule has 0 radical (unpaired) electrons. The van der Waals surface area contributed by atoms with Crippen molar-refractivity contribution >= 4 is 5.97 Å². The Bertz CT molecular complexity index is 481. The van der Waals surface area contributed by atoms with Crippen molar-refractivity contribution in [1.82, 2.24) is 0 Å². The summed E-state index contributed by atoms with van der Waals surface area (Å²) in [6.45, 7) is 7.52. The molecule has 1 unspecified atom stereocenters. The molecule has 0 bridgehead atoms. The summed E-state index contributed by atoms with van der Waals surface area (Å²) in [5, 5.41) is 11.1. The minimum atomic E-state index is -0.938. The van der Waals surface area contributed by atoms with Gasteiger partial charge in [0.2, 0.25) is 0 Å². The van der Waals surface area contributed by atoms with Crippen LogP contribution in [0.1, 0.15) is 64.0 Å². The molecule has 22 heavy (non-hydrogen) atoms. The van der Waals surface area contributed by atoms with E-state index in [9.17, 15) is 9.90 Å². The number of benzene rings is 1. The largest absolute Gasteiger partial charge is 0.544 e. The number of hydrogen-bond acceptors (Lipinski definition) is 2. The number of rotatable bonds is 5. The summed E-state index contributed by atoms with van der Waals surface area (Å²) in [6.07, 6.45) is 6.02. The average molecular weight is 303 g/mol. The molecule has 0 saturated heterocycles. The molecule has 1 atom stereocenters. The normalized spacial score (nSPS) is 18.1. The van der Waals surface area contributed by atoms with Gasteiger partial charge in [-0.25, -0.2) is 0 Å². The maximum absolute atomic E-state index is 11.1. The maximum atomic E-state index is 11.1. The zero-order chi connectivity index (χ0) is 16.2. The second-order valence-electron chi connectivity index (χ2n) is 7.67. The fraction of sp³-hybridized carbons (Fsp3) is 0.632. The third-order valence-electron chi connectivity index (χ3n) is 4.81. The first-order valence-electron chi connectivity index (χ1n) is 8.50. The quantitative estimate of drug-likeness (QED) is 0.895. The van der Waals surface area contributed by atoms with Crippen LogP contribution in [0.3, 0.4) is 0 Å². The third kappa shape index (κ3) is 4.84. The van der Waals surface area contributed by atoms with Crippen molar-refractivity contribution < 1.29 is 14.8 Å². The van der Waals surface area contributed by atoms with E-state index < -0.39 is 5.97 Å². The van der Waals surface area contributed by atoms with E-state index >= 15 is 0 Å². The number of carboxylic acid groups (broad SMARTS) is 1. The van der Waals surface area contributed by atoms with E-state index in [1.807, 2.05) is 0 Å². The lowest BCUT2D eigenvalue weighted by Gasteiger charge is -2.31. The highest BCUT2D eigenvalue weighted by molar-refractivity contribution is 5.65. The molecule has 1 fully saturated rings. The molecule has 0 spiro atoms. The third-order valence-corrected chi connectivity index (χ3v) is 4.81. The van der Waals surface area contributed by atoms with Gasteiger partial charge in [0.1, 0.15) is 13.1 Å². The van der Waals surface area contributed by atoms with Crippen LogP contribution in [0.5, 0.6) is 0 Å². The Balaban J connectivity index is 2.07. The molecule has 2 rings (SSSR count). The van der Waals surface area contributed by atoms with E-state index in [1.165, 1.54) is 30.4 Å². The first-order chi connectivity index (χ1) is 10.4. The Labute approximate surface area is 134 Å². The highest BCUT2D eigenvalue weighted by atomic mass is 16.4. The zero-order valence-corrected chi connectivity index (χ0v) is 14.2. The van der Waals surface area contributed by atoms with E-state index in [-0.39, 0.29) is 12.0 Å². The van der Waals surface area contributed by atoms with E-state index in [4.69, 9.17) is 0 Å². The van der Waals surface area contributed by atoms with Gasteiger partial charge in [-0.2, -0.15) is 0 Å². The Morgan fingerprint density at radius 3 is 2.23 bits per heavy atom. The van der Waals surface area contributed by atoms with Gasteiger partial charge in [0.25, 0.3) is 0 Å². The predicted octanol–water partition coefficient (Wildman–Crippen LogP) is 1.45. The second kappa shape index (κ2) is 7.28. The Kier molecular flexibility index (Phi) is 5.63. The van der Waals surface area contributed by atoms with Gasteiger partial charge in [-0.05, 0) is 36.7 Å². The van der Waals surface area contributed by atoms with Crippen LogP contribution < -0.4 is 10.0 Å². The summed E-state index contributed by atoms with van der Waals surface area (Å²) >= 11 is 0. The molecule has 1 aromatic rings. The Morgan fingerprint density at radius 1 is 1.14 bits per heavy atom. The molecular formula is C19H29NO2. The summed E-state index contributed by atoms with van der Waals surface area (Å²) in [5.41, 5.74) is 2.68. The maximum Gasteiger partial charge on any atom is 0.118 e. The summed E-state index contributed by atoms with van der Waals surface area (Å²) in [4.78, 5) is 12.3. The van der Waals surface area contributed by atoms with Gasteiger partial charge in [-0.3, -0.25) is 0 Å². The monoisotopic (exact) mass is 303 g/mol. The lowest BCUT2D eigenvalue weighted by molar-refractivity contribution is -0.934. The molecule has 3 nitrogen and oxygen atoms in total. The molecule has 3 heteroatoms. The van der Waals surface area contributed by atoms with Crippen LogP contribution in [0.15, 0.2) is 24.3 Å². The van der Waals surface area contributed by atoms with Crippen molar-refractivity contribution in [1.29, 1.82) is 0 Å². The molecule has 0 aliphatic heterocycles. The molecule has 1 saturated carbocycles. The lowest BCUT2D eigenvalue weighted by atomic mass is 9.86. The predicted molar refractivity (Wildman–Crippen MR) is 86.6 cm³/mol. The van der Waals surface area contributed by atoms with E-state index in [1.54, 1.807) is 0 Å². The molecule has 0 amide bonds. The Morgan fingerprint density at radius 2 is 1.73 bits per heavy atom. The fourth-order valence-corrected chi connectivity index (χ4v) is 3.43. The van der Waals surface area contributed by atoms with Crippen LogP contribution in [0.2, 0.25) is 0 Å². The summed E-state index contributed by atoms with van der Waals surface area (Å²) in [7, 11) is 0. The number of aliphatic carboxylic acids is 1. The highest BCUT2D eigenvalue weighted by Crippen LogP contribution is 2.22. The van der Waals surface area contributed by atoms with Gasteiger partial charge in [-0.1, -0.05) is 51.5 Å². The van der Waals surface area contributed by atoms with Crippen molar-refractivity contribution in [3.63, 3.8) is 0 Å². The van der Waals surface area contributed by atoms with Crippen molar-refractivity contribution in [2.75, 3.05) is 6.54 Å². The summed E-state index contributed by atoms with van der Waals surface area (Å²) in [5.74, 6) is -0.938. The first-order valence-corrected chi connectivity index (χ1v) is 8.50. The number of quaternary nitrogens is 1. The van der Waals surface area contributed by atoms with Crippen molar-refractivity contribution in [2.24, 2.45) is 0 Å². The number of hydrogen-bond donors (Lipinski definition) is 1. The molecule has 122 valence electrons. The van der Waals surface area contributed by atoms with Gasteiger partial charge in [0, 0.05) is 5.56 Å². The summed E-state index contributed by atoms with van der Waals surface area (Å²) in [6, 6.07) is 9.12. The molecule has 1 aliphatic rings. The van der Waals surface area contributed by atoms with E-state index in [2.05, 4.69) is 45.0 Å².